The Morgan fingerprint density at radius 3 is 2.75 bits per heavy atom. The zero-order chi connectivity index (χ0) is 17.1. The molecule has 130 valence electrons. The third kappa shape index (κ3) is 3.63. The molecule has 1 saturated carbocycles. The predicted octanol–water partition coefficient (Wildman–Crippen LogP) is 5.09. The maximum Gasteiger partial charge on any atom is 0.226 e. The Morgan fingerprint density at radius 1 is 1.33 bits per heavy atom. The second-order valence-corrected chi connectivity index (χ2v) is 7.31. The van der Waals surface area contributed by atoms with Crippen LogP contribution in [0, 0.1) is 5.92 Å². The first kappa shape index (κ1) is 17.0. The number of hydrogen-bond donors (Lipinski definition) is 1. The number of aromatic nitrogens is 2. The SMILES string of the molecule is CCc1ccc2nc(NC(=O)CCC3CCCC3)n(C(C)C)c2c1. The summed E-state index contributed by atoms with van der Waals surface area (Å²) in [6, 6.07) is 6.62. The lowest BCUT2D eigenvalue weighted by Crippen LogP contribution is -2.17. The van der Waals surface area contributed by atoms with Crippen molar-refractivity contribution in [2.24, 2.45) is 5.92 Å². The number of nitrogens with zero attached hydrogens (tertiary/aromatic N) is 2. The first-order chi connectivity index (χ1) is 11.6. The van der Waals surface area contributed by atoms with Gasteiger partial charge in [-0.05, 0) is 50.3 Å². The Balaban J connectivity index is 1.77. The molecule has 4 nitrogen and oxygen atoms in total. The van der Waals surface area contributed by atoms with E-state index >= 15 is 0 Å². The first-order valence-corrected chi connectivity index (χ1v) is 9.39. The molecule has 0 spiro atoms. The monoisotopic (exact) mass is 327 g/mol. The minimum Gasteiger partial charge on any atom is -0.307 e. The molecule has 2 aromatic rings. The quantitative estimate of drug-likeness (QED) is 0.803. The Bertz CT molecular complexity index is 711. The summed E-state index contributed by atoms with van der Waals surface area (Å²) in [7, 11) is 0. The van der Waals surface area contributed by atoms with Crippen molar-refractivity contribution < 1.29 is 4.79 Å². The molecule has 0 radical (unpaired) electrons. The van der Waals surface area contributed by atoms with Crippen LogP contribution in [0.2, 0.25) is 0 Å². The molecule has 1 aromatic heterocycles. The van der Waals surface area contributed by atoms with E-state index in [4.69, 9.17) is 0 Å². The van der Waals surface area contributed by atoms with E-state index in [2.05, 4.69) is 53.8 Å². The Morgan fingerprint density at radius 2 is 2.08 bits per heavy atom. The summed E-state index contributed by atoms with van der Waals surface area (Å²) in [4.78, 5) is 17.0. The molecule has 1 aromatic carbocycles. The van der Waals surface area contributed by atoms with Crippen molar-refractivity contribution in [1.82, 2.24) is 9.55 Å². The van der Waals surface area contributed by atoms with E-state index < -0.39 is 0 Å². The molecular weight excluding hydrogens is 298 g/mol. The van der Waals surface area contributed by atoms with Gasteiger partial charge in [-0.15, -0.1) is 0 Å². The van der Waals surface area contributed by atoms with E-state index in [1.807, 2.05) is 0 Å². The number of amides is 1. The number of fused-ring (bicyclic) bond motifs is 1. The average molecular weight is 327 g/mol. The standard InChI is InChI=1S/C20H29N3O/c1-4-15-9-11-17-18(13-15)23(14(2)3)20(21-17)22-19(24)12-10-16-7-5-6-8-16/h9,11,13-14,16H,4-8,10,12H2,1-3H3,(H,21,22,24). The van der Waals surface area contributed by atoms with Gasteiger partial charge in [-0.2, -0.15) is 0 Å². The highest BCUT2D eigenvalue weighted by molar-refractivity contribution is 5.91. The number of benzene rings is 1. The van der Waals surface area contributed by atoms with Gasteiger partial charge in [0, 0.05) is 12.5 Å². The molecule has 1 N–H and O–H groups in total. The molecule has 4 heteroatoms. The van der Waals surface area contributed by atoms with Gasteiger partial charge in [-0.25, -0.2) is 4.98 Å². The van der Waals surface area contributed by atoms with Crippen molar-refractivity contribution in [3.05, 3.63) is 23.8 Å². The van der Waals surface area contributed by atoms with Crippen LogP contribution in [0.3, 0.4) is 0 Å². The lowest BCUT2D eigenvalue weighted by Gasteiger charge is -2.14. The lowest BCUT2D eigenvalue weighted by atomic mass is 10.0. The number of hydrogen-bond acceptors (Lipinski definition) is 2. The topological polar surface area (TPSA) is 46.9 Å². The molecule has 0 unspecified atom stereocenters. The van der Waals surface area contributed by atoms with Gasteiger partial charge in [-0.1, -0.05) is 38.7 Å². The zero-order valence-corrected chi connectivity index (χ0v) is 15.1. The third-order valence-electron chi connectivity index (χ3n) is 5.18. The normalized spacial score (nSPS) is 15.5. The van der Waals surface area contributed by atoms with E-state index in [0.717, 1.165) is 29.8 Å². The maximum atomic E-state index is 12.4. The molecule has 24 heavy (non-hydrogen) atoms. The highest BCUT2D eigenvalue weighted by Gasteiger charge is 2.19. The molecule has 0 atom stereocenters. The summed E-state index contributed by atoms with van der Waals surface area (Å²) in [5.74, 6) is 1.52. The van der Waals surface area contributed by atoms with Gasteiger partial charge in [0.15, 0.2) is 0 Å². The lowest BCUT2D eigenvalue weighted by molar-refractivity contribution is -0.116. The van der Waals surface area contributed by atoms with Gasteiger partial charge in [-0.3, -0.25) is 10.1 Å². The largest absolute Gasteiger partial charge is 0.307 e. The third-order valence-corrected chi connectivity index (χ3v) is 5.18. The summed E-state index contributed by atoms with van der Waals surface area (Å²) in [5.41, 5.74) is 3.35. The average Bonchev–Trinajstić information content (AvgIpc) is 3.19. The molecule has 0 saturated heterocycles. The number of aryl methyl sites for hydroxylation is 1. The van der Waals surface area contributed by atoms with E-state index in [1.54, 1.807) is 0 Å². The zero-order valence-electron chi connectivity index (χ0n) is 15.1. The van der Waals surface area contributed by atoms with Gasteiger partial charge in [0.25, 0.3) is 0 Å². The second kappa shape index (κ2) is 7.37. The van der Waals surface area contributed by atoms with Crippen LogP contribution in [0.25, 0.3) is 11.0 Å². The van der Waals surface area contributed by atoms with Crippen molar-refractivity contribution in [2.45, 2.75) is 71.8 Å². The second-order valence-electron chi connectivity index (χ2n) is 7.31. The van der Waals surface area contributed by atoms with Crippen LogP contribution >= 0.6 is 0 Å². The number of imidazole rings is 1. The molecule has 0 bridgehead atoms. The van der Waals surface area contributed by atoms with Crippen molar-refractivity contribution in [3.8, 4) is 0 Å². The van der Waals surface area contributed by atoms with E-state index in [1.165, 1.54) is 31.2 Å². The number of rotatable bonds is 6. The molecule has 1 heterocycles. The van der Waals surface area contributed by atoms with E-state index in [-0.39, 0.29) is 11.9 Å². The molecule has 1 aliphatic carbocycles. The number of anilines is 1. The van der Waals surface area contributed by atoms with Gasteiger partial charge in [0.1, 0.15) is 0 Å². The van der Waals surface area contributed by atoms with Gasteiger partial charge in [0.05, 0.1) is 11.0 Å². The molecule has 1 fully saturated rings. The predicted molar refractivity (Wildman–Crippen MR) is 99.3 cm³/mol. The van der Waals surface area contributed by atoms with Crippen LogP contribution in [-0.4, -0.2) is 15.5 Å². The number of nitrogens with one attached hydrogen (secondary N) is 1. The summed E-state index contributed by atoms with van der Waals surface area (Å²) in [6.45, 7) is 6.42. The van der Waals surface area contributed by atoms with Crippen LogP contribution in [0.15, 0.2) is 18.2 Å². The van der Waals surface area contributed by atoms with Crippen molar-refractivity contribution >= 4 is 22.9 Å². The highest BCUT2D eigenvalue weighted by atomic mass is 16.1. The summed E-state index contributed by atoms with van der Waals surface area (Å²) >= 11 is 0. The van der Waals surface area contributed by atoms with E-state index in [0.29, 0.717) is 12.4 Å². The fourth-order valence-electron chi connectivity index (χ4n) is 3.79. The highest BCUT2D eigenvalue weighted by Crippen LogP contribution is 2.29. The minimum absolute atomic E-state index is 0.0924. The van der Waals surface area contributed by atoms with Gasteiger partial charge >= 0.3 is 0 Å². The fourth-order valence-corrected chi connectivity index (χ4v) is 3.79. The Hall–Kier alpha value is -1.84. The van der Waals surface area contributed by atoms with Crippen LogP contribution in [-0.2, 0) is 11.2 Å². The van der Waals surface area contributed by atoms with E-state index in [9.17, 15) is 4.79 Å². The van der Waals surface area contributed by atoms with Gasteiger partial charge < -0.3 is 4.57 Å². The molecule has 0 aliphatic heterocycles. The van der Waals surface area contributed by atoms with Crippen molar-refractivity contribution in [1.29, 1.82) is 0 Å². The van der Waals surface area contributed by atoms with Crippen LogP contribution < -0.4 is 5.32 Å². The molecule has 1 aliphatic rings. The van der Waals surface area contributed by atoms with Crippen molar-refractivity contribution in [2.75, 3.05) is 5.32 Å². The summed E-state index contributed by atoms with van der Waals surface area (Å²) in [6.07, 6.45) is 7.85. The van der Waals surface area contributed by atoms with Crippen molar-refractivity contribution in [3.63, 3.8) is 0 Å². The molecule has 3 rings (SSSR count). The van der Waals surface area contributed by atoms with Gasteiger partial charge in [0.2, 0.25) is 11.9 Å². The van der Waals surface area contributed by atoms with Crippen LogP contribution in [0.5, 0.6) is 0 Å². The minimum atomic E-state index is 0.0924. The summed E-state index contributed by atoms with van der Waals surface area (Å²) < 4.78 is 2.14. The van der Waals surface area contributed by atoms with Crippen LogP contribution in [0.1, 0.15) is 70.9 Å². The molecule has 1 amide bonds. The van der Waals surface area contributed by atoms with Crippen LogP contribution in [0.4, 0.5) is 5.95 Å². The summed E-state index contributed by atoms with van der Waals surface area (Å²) in [5, 5.41) is 3.06. The smallest absolute Gasteiger partial charge is 0.226 e. The number of carbonyl (C=O) groups is 1. The fraction of sp³-hybridized carbons (Fsp3) is 0.600. The maximum absolute atomic E-state index is 12.4. The number of carbonyl (C=O) groups excluding carboxylic acids is 1. The Labute approximate surface area is 144 Å². The Kier molecular flexibility index (Phi) is 5.22. The molecular formula is C20H29N3O. The first-order valence-electron chi connectivity index (χ1n) is 9.39.